The predicted octanol–water partition coefficient (Wildman–Crippen LogP) is 1.83. The number of nitrogens with two attached hydrogens (primary N) is 1. The summed E-state index contributed by atoms with van der Waals surface area (Å²) < 4.78 is 0. The van der Waals surface area contributed by atoms with E-state index in [1.165, 1.54) is 0 Å². The standard InChI is InChI=1S/C12H16ClN3O/c1-2-3-16-7-11(17)8-4-9(6-14)12(15)10(13)5-8/h4-5,11,16-17H,2-3,7,15H2,1H3. The van der Waals surface area contributed by atoms with Crippen molar-refractivity contribution in [1.29, 1.82) is 5.26 Å². The Morgan fingerprint density at radius 2 is 2.29 bits per heavy atom. The molecule has 1 aromatic rings. The number of hydrogen-bond acceptors (Lipinski definition) is 4. The van der Waals surface area contributed by atoms with Gasteiger partial charge in [0.05, 0.1) is 22.4 Å². The SMILES string of the molecule is CCCNCC(O)c1cc(Cl)c(N)c(C#N)c1. The summed E-state index contributed by atoms with van der Waals surface area (Å²) in [6, 6.07) is 5.12. The molecule has 4 nitrogen and oxygen atoms in total. The molecule has 0 bridgehead atoms. The lowest BCUT2D eigenvalue weighted by Gasteiger charge is -2.13. The number of nitrogen functional groups attached to an aromatic ring is 1. The van der Waals surface area contributed by atoms with Crippen molar-refractivity contribution in [3.05, 3.63) is 28.3 Å². The van der Waals surface area contributed by atoms with E-state index in [1.54, 1.807) is 12.1 Å². The Balaban J connectivity index is 2.84. The van der Waals surface area contributed by atoms with Crippen molar-refractivity contribution in [2.75, 3.05) is 18.8 Å². The molecule has 0 spiro atoms. The third kappa shape index (κ3) is 3.60. The smallest absolute Gasteiger partial charge is 0.101 e. The molecule has 92 valence electrons. The minimum atomic E-state index is -0.688. The molecule has 0 saturated carbocycles. The van der Waals surface area contributed by atoms with Gasteiger partial charge in [-0.1, -0.05) is 18.5 Å². The maximum atomic E-state index is 9.91. The maximum absolute atomic E-state index is 9.91. The molecule has 0 aliphatic heterocycles. The van der Waals surface area contributed by atoms with Gasteiger partial charge in [-0.15, -0.1) is 0 Å². The fraction of sp³-hybridized carbons (Fsp3) is 0.417. The molecule has 0 fully saturated rings. The molecule has 0 aliphatic carbocycles. The minimum Gasteiger partial charge on any atom is -0.396 e. The number of aliphatic hydroxyl groups excluding tert-OH is 1. The highest BCUT2D eigenvalue weighted by Crippen LogP contribution is 2.27. The fourth-order valence-corrected chi connectivity index (χ4v) is 1.68. The van der Waals surface area contributed by atoms with Gasteiger partial charge in [0, 0.05) is 6.54 Å². The quantitative estimate of drug-likeness (QED) is 0.552. The average molecular weight is 254 g/mol. The number of nitrogens with one attached hydrogen (secondary N) is 1. The van der Waals surface area contributed by atoms with Crippen LogP contribution in [0.1, 0.15) is 30.6 Å². The summed E-state index contributed by atoms with van der Waals surface area (Å²) in [6.45, 7) is 3.32. The highest BCUT2D eigenvalue weighted by atomic mass is 35.5. The first-order valence-corrected chi connectivity index (χ1v) is 5.85. The van der Waals surface area contributed by atoms with Crippen molar-refractivity contribution >= 4 is 17.3 Å². The van der Waals surface area contributed by atoms with Crippen molar-refractivity contribution in [1.82, 2.24) is 5.32 Å². The third-order valence-electron chi connectivity index (χ3n) is 2.42. The van der Waals surface area contributed by atoms with E-state index in [1.807, 2.05) is 13.0 Å². The van der Waals surface area contributed by atoms with Gasteiger partial charge in [-0.05, 0) is 30.7 Å². The molecule has 17 heavy (non-hydrogen) atoms. The summed E-state index contributed by atoms with van der Waals surface area (Å²) in [4.78, 5) is 0. The Labute approximate surface area is 106 Å². The highest BCUT2D eigenvalue weighted by Gasteiger charge is 2.12. The van der Waals surface area contributed by atoms with Crippen LogP contribution in [0, 0.1) is 11.3 Å². The number of aliphatic hydroxyl groups is 1. The second-order valence-corrected chi connectivity index (χ2v) is 4.20. The van der Waals surface area contributed by atoms with Gasteiger partial charge in [0.1, 0.15) is 6.07 Å². The number of hydrogen-bond donors (Lipinski definition) is 3. The van der Waals surface area contributed by atoms with Crippen LogP contribution in [-0.4, -0.2) is 18.2 Å². The lowest BCUT2D eigenvalue weighted by Crippen LogP contribution is -2.22. The highest BCUT2D eigenvalue weighted by molar-refractivity contribution is 6.33. The summed E-state index contributed by atoms with van der Waals surface area (Å²) in [5.41, 5.74) is 6.78. The molecule has 0 radical (unpaired) electrons. The Bertz CT molecular complexity index is 428. The molecule has 0 saturated heterocycles. The van der Waals surface area contributed by atoms with E-state index in [0.717, 1.165) is 13.0 Å². The summed E-state index contributed by atoms with van der Waals surface area (Å²) >= 11 is 5.90. The molecule has 4 N–H and O–H groups in total. The van der Waals surface area contributed by atoms with Crippen molar-refractivity contribution in [2.45, 2.75) is 19.4 Å². The van der Waals surface area contributed by atoms with Gasteiger partial charge in [0.2, 0.25) is 0 Å². The second-order valence-electron chi connectivity index (χ2n) is 3.80. The molecule has 0 heterocycles. The van der Waals surface area contributed by atoms with Crippen molar-refractivity contribution in [3.63, 3.8) is 0 Å². The molecular weight excluding hydrogens is 238 g/mol. The first-order chi connectivity index (χ1) is 8.10. The molecule has 0 amide bonds. The van der Waals surface area contributed by atoms with Gasteiger partial charge in [0.15, 0.2) is 0 Å². The zero-order valence-corrected chi connectivity index (χ0v) is 10.5. The topological polar surface area (TPSA) is 82.1 Å². The molecule has 1 aromatic carbocycles. The minimum absolute atomic E-state index is 0.256. The van der Waals surface area contributed by atoms with Crippen LogP contribution in [-0.2, 0) is 0 Å². The number of halogens is 1. The van der Waals surface area contributed by atoms with Crippen LogP contribution in [0.25, 0.3) is 0 Å². The van der Waals surface area contributed by atoms with Crippen LogP contribution in [0.4, 0.5) is 5.69 Å². The Kier molecular flexibility index (Phi) is 5.23. The van der Waals surface area contributed by atoms with Gasteiger partial charge in [-0.3, -0.25) is 0 Å². The van der Waals surface area contributed by atoms with E-state index in [2.05, 4.69) is 5.32 Å². The van der Waals surface area contributed by atoms with Crippen LogP contribution in [0.15, 0.2) is 12.1 Å². The average Bonchev–Trinajstić information content (AvgIpc) is 2.32. The number of benzene rings is 1. The van der Waals surface area contributed by atoms with Gasteiger partial charge >= 0.3 is 0 Å². The Morgan fingerprint density at radius 1 is 1.59 bits per heavy atom. The number of nitriles is 1. The first kappa shape index (κ1) is 13.8. The summed E-state index contributed by atoms with van der Waals surface area (Å²) in [5.74, 6) is 0. The molecule has 5 heteroatoms. The third-order valence-corrected chi connectivity index (χ3v) is 2.73. The van der Waals surface area contributed by atoms with Gasteiger partial charge in [0.25, 0.3) is 0 Å². The number of nitrogens with zero attached hydrogens (tertiary/aromatic N) is 1. The predicted molar refractivity (Wildman–Crippen MR) is 68.7 cm³/mol. The molecule has 0 aromatic heterocycles. The number of rotatable bonds is 5. The van der Waals surface area contributed by atoms with E-state index >= 15 is 0 Å². The summed E-state index contributed by atoms with van der Waals surface area (Å²) in [6.07, 6.45) is 0.310. The van der Waals surface area contributed by atoms with Gasteiger partial charge in [-0.25, -0.2) is 0 Å². The van der Waals surface area contributed by atoms with Crippen LogP contribution in [0.3, 0.4) is 0 Å². The summed E-state index contributed by atoms with van der Waals surface area (Å²) in [5, 5.41) is 22.2. The van der Waals surface area contributed by atoms with E-state index < -0.39 is 6.10 Å². The van der Waals surface area contributed by atoms with E-state index in [9.17, 15) is 5.11 Å². The number of anilines is 1. The molecule has 1 atom stereocenters. The lowest BCUT2D eigenvalue weighted by atomic mass is 10.0. The lowest BCUT2D eigenvalue weighted by molar-refractivity contribution is 0.175. The Morgan fingerprint density at radius 3 is 2.88 bits per heavy atom. The molecule has 1 unspecified atom stereocenters. The van der Waals surface area contributed by atoms with E-state index in [4.69, 9.17) is 22.6 Å². The van der Waals surface area contributed by atoms with Crippen LogP contribution < -0.4 is 11.1 Å². The fourth-order valence-electron chi connectivity index (χ4n) is 1.46. The van der Waals surface area contributed by atoms with Crippen molar-refractivity contribution in [3.8, 4) is 6.07 Å². The second kappa shape index (κ2) is 6.45. The zero-order chi connectivity index (χ0) is 12.8. The van der Waals surface area contributed by atoms with Crippen LogP contribution in [0.2, 0.25) is 5.02 Å². The van der Waals surface area contributed by atoms with E-state index in [0.29, 0.717) is 22.7 Å². The maximum Gasteiger partial charge on any atom is 0.101 e. The monoisotopic (exact) mass is 253 g/mol. The van der Waals surface area contributed by atoms with E-state index in [-0.39, 0.29) is 5.69 Å². The largest absolute Gasteiger partial charge is 0.396 e. The zero-order valence-electron chi connectivity index (χ0n) is 9.70. The summed E-state index contributed by atoms with van der Waals surface area (Å²) in [7, 11) is 0. The van der Waals surface area contributed by atoms with Crippen LogP contribution >= 0.6 is 11.6 Å². The molecule has 0 aliphatic rings. The molecule has 1 rings (SSSR count). The van der Waals surface area contributed by atoms with Gasteiger partial charge in [-0.2, -0.15) is 5.26 Å². The van der Waals surface area contributed by atoms with Crippen LogP contribution in [0.5, 0.6) is 0 Å². The Hall–Kier alpha value is -1.28. The first-order valence-electron chi connectivity index (χ1n) is 5.48. The van der Waals surface area contributed by atoms with Gasteiger partial charge < -0.3 is 16.2 Å². The van der Waals surface area contributed by atoms with Crippen molar-refractivity contribution < 1.29 is 5.11 Å². The van der Waals surface area contributed by atoms with Crippen molar-refractivity contribution in [2.24, 2.45) is 0 Å². The normalized spacial score (nSPS) is 12.1. The molecular formula is C12H16ClN3O.